The molecule has 0 saturated heterocycles. The number of hydrogen-bond donors (Lipinski definition) is 0. The minimum atomic E-state index is -0.185. The Bertz CT molecular complexity index is 4410. The van der Waals surface area contributed by atoms with Crippen molar-refractivity contribution in [3.8, 4) is 0 Å². The third-order valence-corrected chi connectivity index (χ3v) is 25.9. The highest BCUT2D eigenvalue weighted by Gasteiger charge is 2.49. The van der Waals surface area contributed by atoms with Gasteiger partial charge in [-0.25, -0.2) is 0 Å². The van der Waals surface area contributed by atoms with Crippen molar-refractivity contribution in [3.05, 3.63) is 219 Å². The van der Waals surface area contributed by atoms with Crippen molar-refractivity contribution in [1.29, 1.82) is 0 Å². The number of anilines is 8. The lowest BCUT2D eigenvalue weighted by Crippen LogP contribution is -2.60. The van der Waals surface area contributed by atoms with E-state index in [1.807, 2.05) is 0 Å². The van der Waals surface area contributed by atoms with Gasteiger partial charge >= 0.3 is 0 Å². The summed E-state index contributed by atoms with van der Waals surface area (Å²) in [5.74, 6) is 0.555. The average Bonchev–Trinajstić information content (AvgIpc) is 1.66. The predicted molar refractivity (Wildman–Crippen MR) is 415 cm³/mol. The Morgan fingerprint density at radius 1 is 0.411 bits per heavy atom. The number of fused-ring (bicyclic) bond motifs is 8. The summed E-state index contributed by atoms with van der Waals surface area (Å²) in [5.41, 5.74) is 27.0. The second-order valence-corrected chi connectivity index (χ2v) is 37.9. The molecule has 1 aromatic heterocycles. The first kappa shape index (κ1) is 65.5. The van der Waals surface area contributed by atoms with Crippen LogP contribution in [0.3, 0.4) is 0 Å². The van der Waals surface area contributed by atoms with Gasteiger partial charge in [0.2, 0.25) is 0 Å². The fourth-order valence-corrected chi connectivity index (χ4v) is 19.1. The number of rotatable bonds is 9. The van der Waals surface area contributed by atoms with E-state index in [0.717, 1.165) is 32.1 Å². The third-order valence-electron chi connectivity index (χ3n) is 24.7. The molecule has 14 rings (SSSR count). The second-order valence-electron chi connectivity index (χ2n) is 36.8. The molecule has 3 nitrogen and oxygen atoms in total. The molecular weight excluding hydrogens is 1170 g/mol. The average molecular weight is 1270 g/mol. The molecule has 0 bridgehead atoms. The molecule has 1 fully saturated rings. The maximum atomic E-state index is 2.85. The summed E-state index contributed by atoms with van der Waals surface area (Å²) in [5, 5.41) is 1.39. The van der Waals surface area contributed by atoms with Gasteiger partial charge in [0.1, 0.15) is 0 Å². The number of thiophene rings is 1. The van der Waals surface area contributed by atoms with E-state index in [9.17, 15) is 0 Å². The first-order valence-corrected chi connectivity index (χ1v) is 37.1. The van der Waals surface area contributed by atoms with Crippen LogP contribution in [0.25, 0.3) is 10.1 Å². The lowest BCUT2D eigenvalue weighted by Gasteiger charge is -2.47. The highest BCUT2D eigenvalue weighted by atomic mass is 32.1. The van der Waals surface area contributed by atoms with E-state index in [2.05, 4.69) is 335 Å². The molecule has 3 heterocycles. The van der Waals surface area contributed by atoms with Crippen molar-refractivity contribution in [2.75, 3.05) is 14.7 Å². The molecule has 9 aromatic rings. The van der Waals surface area contributed by atoms with Crippen molar-refractivity contribution in [2.45, 2.75) is 252 Å². The minimum absolute atomic E-state index is 0.00255. The van der Waals surface area contributed by atoms with Crippen LogP contribution in [0.1, 0.15) is 252 Å². The van der Waals surface area contributed by atoms with Gasteiger partial charge in [-0.15, -0.1) is 11.3 Å². The number of nitrogens with zero attached hydrogens (tertiary/aromatic N) is 3. The molecule has 492 valence electrons. The Balaban J connectivity index is 1.11. The highest BCUT2D eigenvalue weighted by Crippen LogP contribution is 2.57. The summed E-state index contributed by atoms with van der Waals surface area (Å²) in [7, 11) is 0. The molecule has 0 unspecified atom stereocenters. The molecule has 0 amide bonds. The third kappa shape index (κ3) is 11.1. The zero-order chi connectivity index (χ0) is 67.7. The molecule has 3 aliphatic carbocycles. The maximum absolute atomic E-state index is 2.85. The van der Waals surface area contributed by atoms with Gasteiger partial charge in [0.25, 0.3) is 6.71 Å². The van der Waals surface area contributed by atoms with Crippen LogP contribution in [0.5, 0.6) is 0 Å². The molecular formula is C90H108BN3S. The fourth-order valence-electron chi connectivity index (χ4n) is 17.8. The van der Waals surface area contributed by atoms with Crippen molar-refractivity contribution in [3.63, 3.8) is 0 Å². The van der Waals surface area contributed by atoms with E-state index in [-0.39, 0.29) is 61.5 Å². The highest BCUT2D eigenvalue weighted by molar-refractivity contribution is 7.33. The summed E-state index contributed by atoms with van der Waals surface area (Å²) in [6.07, 6.45) is 9.17. The lowest BCUT2D eigenvalue weighted by molar-refractivity contribution is 0.221. The van der Waals surface area contributed by atoms with Gasteiger partial charge < -0.3 is 14.7 Å². The zero-order valence-electron chi connectivity index (χ0n) is 61.7. The Hall–Kier alpha value is -6.82. The van der Waals surface area contributed by atoms with Crippen molar-refractivity contribution >= 4 is 89.3 Å². The van der Waals surface area contributed by atoms with Crippen LogP contribution in [0.4, 0.5) is 45.5 Å². The van der Waals surface area contributed by atoms with Gasteiger partial charge in [0, 0.05) is 66.1 Å². The first-order valence-electron chi connectivity index (χ1n) is 36.3. The van der Waals surface area contributed by atoms with Crippen LogP contribution in [0.2, 0.25) is 0 Å². The predicted octanol–water partition coefficient (Wildman–Crippen LogP) is 23.6. The van der Waals surface area contributed by atoms with Crippen LogP contribution < -0.4 is 30.4 Å². The van der Waals surface area contributed by atoms with Crippen LogP contribution >= 0.6 is 11.3 Å². The van der Waals surface area contributed by atoms with E-state index >= 15 is 0 Å². The molecule has 5 heteroatoms. The topological polar surface area (TPSA) is 9.72 Å². The van der Waals surface area contributed by atoms with Crippen molar-refractivity contribution in [2.24, 2.45) is 5.92 Å². The van der Waals surface area contributed by atoms with Crippen molar-refractivity contribution < 1.29 is 0 Å². The molecule has 0 radical (unpaired) electrons. The molecule has 0 atom stereocenters. The first-order chi connectivity index (χ1) is 44.5. The summed E-state index contributed by atoms with van der Waals surface area (Å²) in [6, 6.07) is 66.5. The van der Waals surface area contributed by atoms with Gasteiger partial charge in [0.15, 0.2) is 0 Å². The van der Waals surface area contributed by atoms with E-state index < -0.39 is 0 Å². The quantitative estimate of drug-likeness (QED) is 0.133. The number of benzene rings is 8. The molecule has 1 saturated carbocycles. The van der Waals surface area contributed by atoms with Crippen molar-refractivity contribution in [1.82, 2.24) is 0 Å². The molecule has 5 aliphatic rings. The monoisotopic (exact) mass is 1270 g/mol. The lowest BCUT2D eigenvalue weighted by atomic mass is 9.36. The van der Waals surface area contributed by atoms with E-state index in [0.29, 0.717) is 5.92 Å². The molecule has 8 aromatic carbocycles. The summed E-state index contributed by atoms with van der Waals surface area (Å²) >= 11 is 2.09. The van der Waals surface area contributed by atoms with E-state index in [4.69, 9.17) is 0 Å². The SMILES string of the molecule is CC(C)(C)c1cc(N2c3ccc(C(C)(C)C)cc3B3c4sc5cc6c(cc5c4N(c4ccc5c(c4)C(C)(C)CCC5(C)C)c4cc(N(c5ccc(C(C)(C)c7ccccc7)cc5)C5CCC(C(C)(C)c7ccccc7)CC5)cc2c43)C(C)(C)CCC6(C)C)cc(C(C)(C)C)c1. The standard InChI is InChI=1S/C90H108BN3S/c1-82(2,3)61-36-43-75-74(51-61)91-79-76(93(75)67-49-62(83(4,5)6)48-63(50-67)84(7,8)9)53-68(92(64-37-32-59(33-38-64)89(18,19)57-28-24-22-25-29-57)65-39-34-60(35-40-65)90(20,21)58-30-26-23-27-31-58)54-77(79)94(66-41-42-70-71(52-66)86(12,13)45-44-85(70,10)11)80-69-55-72-73(56-78(69)95-81(80)91)88(16,17)47-46-87(72,14)15/h22-33,36-38,41-43,48-56,60,65H,34-35,39-40,44-47H2,1-21H3. The molecule has 95 heavy (non-hydrogen) atoms. The molecule has 2 aliphatic heterocycles. The summed E-state index contributed by atoms with van der Waals surface area (Å²) < 4.78 is 2.85. The number of hydrogen-bond acceptors (Lipinski definition) is 4. The fraction of sp³-hybridized carbons (Fsp3) is 0.444. The van der Waals surface area contributed by atoms with Crippen LogP contribution in [-0.4, -0.2) is 12.8 Å². The maximum Gasteiger partial charge on any atom is 0.264 e. The zero-order valence-corrected chi connectivity index (χ0v) is 62.5. The van der Waals surface area contributed by atoms with E-state index in [1.165, 1.54) is 146 Å². The largest absolute Gasteiger partial charge is 0.338 e. The van der Waals surface area contributed by atoms with Gasteiger partial charge in [0.05, 0.1) is 5.69 Å². The second kappa shape index (κ2) is 22.4. The summed E-state index contributed by atoms with van der Waals surface area (Å²) in [6.45, 7) is 51.5. The Morgan fingerprint density at radius 2 is 0.905 bits per heavy atom. The smallest absolute Gasteiger partial charge is 0.264 e. The minimum Gasteiger partial charge on any atom is -0.338 e. The van der Waals surface area contributed by atoms with Crippen LogP contribution in [0.15, 0.2) is 164 Å². The van der Waals surface area contributed by atoms with Gasteiger partial charge in [-0.1, -0.05) is 242 Å². The van der Waals surface area contributed by atoms with Crippen LogP contribution in [-0.2, 0) is 48.7 Å². The molecule has 0 spiro atoms. The Labute approximate surface area is 577 Å². The van der Waals surface area contributed by atoms with Crippen LogP contribution in [0, 0.1) is 5.92 Å². The summed E-state index contributed by atoms with van der Waals surface area (Å²) in [4.78, 5) is 8.44. The van der Waals surface area contributed by atoms with Gasteiger partial charge in [-0.3, -0.25) is 0 Å². The van der Waals surface area contributed by atoms with Gasteiger partial charge in [-0.2, -0.15) is 0 Å². The Morgan fingerprint density at radius 3 is 1.46 bits per heavy atom. The van der Waals surface area contributed by atoms with E-state index in [1.54, 1.807) is 0 Å². The normalized spacial score (nSPS) is 19.6. The van der Waals surface area contributed by atoms with Gasteiger partial charge in [-0.05, 0) is 234 Å². The Kier molecular flexibility index (Phi) is 15.4. The molecule has 0 N–H and O–H groups in total.